The maximum atomic E-state index is 5.84. The van der Waals surface area contributed by atoms with E-state index in [1.54, 1.807) is 0 Å². The van der Waals surface area contributed by atoms with Crippen molar-refractivity contribution in [1.82, 2.24) is 4.98 Å². The summed E-state index contributed by atoms with van der Waals surface area (Å²) in [6, 6.07) is 19.0. The zero-order chi connectivity index (χ0) is 13.9. The fourth-order valence-corrected chi connectivity index (χ4v) is 2.31. The predicted molar refractivity (Wildman–Crippen MR) is 80.8 cm³/mol. The van der Waals surface area contributed by atoms with Gasteiger partial charge in [0.05, 0.1) is 5.52 Å². The average Bonchev–Trinajstić information content (AvgIpc) is 2.45. The van der Waals surface area contributed by atoms with Gasteiger partial charge in [-0.25, -0.2) is 0 Å². The smallest absolute Gasteiger partial charge is 0.119 e. The van der Waals surface area contributed by atoms with Gasteiger partial charge in [0.2, 0.25) is 0 Å². The topological polar surface area (TPSA) is 22.1 Å². The molecule has 0 aliphatic rings. The number of ether oxygens (including phenoxy) is 1. The van der Waals surface area contributed by atoms with Crippen molar-refractivity contribution >= 4 is 10.9 Å². The number of benzene rings is 2. The summed E-state index contributed by atoms with van der Waals surface area (Å²) in [5, 5.41) is 1.16. The fourth-order valence-electron chi connectivity index (χ4n) is 2.31. The molecule has 0 fully saturated rings. The number of rotatable bonds is 3. The molecule has 0 N–H and O–H groups in total. The first-order valence-corrected chi connectivity index (χ1v) is 6.68. The number of hydrogen-bond donors (Lipinski definition) is 0. The molecule has 2 nitrogen and oxygen atoms in total. The maximum Gasteiger partial charge on any atom is 0.119 e. The minimum absolute atomic E-state index is 0.549. The predicted octanol–water partition coefficient (Wildman–Crippen LogP) is 4.23. The number of fused-ring (bicyclic) bond motifs is 1. The summed E-state index contributed by atoms with van der Waals surface area (Å²) >= 11 is 0. The van der Waals surface area contributed by atoms with Gasteiger partial charge in [0.25, 0.3) is 0 Å². The van der Waals surface area contributed by atoms with E-state index in [1.165, 1.54) is 11.1 Å². The van der Waals surface area contributed by atoms with Gasteiger partial charge in [-0.15, -0.1) is 0 Å². The van der Waals surface area contributed by atoms with Crippen molar-refractivity contribution in [3.8, 4) is 5.75 Å². The van der Waals surface area contributed by atoms with Crippen LogP contribution in [0, 0.1) is 19.9 Å². The highest BCUT2D eigenvalue weighted by molar-refractivity contribution is 5.83. The average molecular weight is 262 g/mol. The molecule has 99 valence electrons. The molecule has 0 aliphatic carbocycles. The van der Waals surface area contributed by atoms with E-state index in [0.29, 0.717) is 6.61 Å². The molecule has 1 radical (unpaired) electrons. The zero-order valence-corrected chi connectivity index (χ0v) is 11.7. The van der Waals surface area contributed by atoms with Crippen LogP contribution < -0.4 is 4.74 Å². The summed E-state index contributed by atoms with van der Waals surface area (Å²) in [5.74, 6) is 0.860. The first kappa shape index (κ1) is 12.7. The Morgan fingerprint density at radius 2 is 1.85 bits per heavy atom. The van der Waals surface area contributed by atoms with Crippen molar-refractivity contribution in [2.45, 2.75) is 20.5 Å². The zero-order valence-electron chi connectivity index (χ0n) is 11.7. The van der Waals surface area contributed by atoms with Crippen molar-refractivity contribution in [3.05, 3.63) is 71.4 Å². The van der Waals surface area contributed by atoms with Crippen molar-refractivity contribution in [1.29, 1.82) is 0 Å². The van der Waals surface area contributed by atoms with Crippen LogP contribution in [0.5, 0.6) is 5.75 Å². The van der Waals surface area contributed by atoms with Crippen LogP contribution in [0.25, 0.3) is 10.9 Å². The van der Waals surface area contributed by atoms with Crippen molar-refractivity contribution in [2.75, 3.05) is 0 Å². The Balaban J connectivity index is 1.94. The SMILES string of the molecule is Cc1ccc2c(COc3cc[c]cc3)cc(C)nc2c1. The van der Waals surface area contributed by atoms with Gasteiger partial charge < -0.3 is 4.74 Å². The third kappa shape index (κ3) is 2.64. The molecule has 2 heteroatoms. The molecule has 0 unspecified atom stereocenters. The molecule has 3 rings (SSSR count). The lowest BCUT2D eigenvalue weighted by Gasteiger charge is -2.10. The van der Waals surface area contributed by atoms with Gasteiger partial charge in [-0.1, -0.05) is 24.3 Å². The standard InChI is InChI=1S/C18H16NO/c1-13-8-9-17-15(11-14(2)19-18(17)10-13)12-20-16-6-4-3-5-7-16/h4-11H,12H2,1-2H3. The third-order valence-electron chi connectivity index (χ3n) is 3.26. The van der Waals surface area contributed by atoms with Gasteiger partial charge in [0.15, 0.2) is 0 Å². The molecule has 0 amide bonds. The van der Waals surface area contributed by atoms with Crippen LogP contribution in [0.3, 0.4) is 0 Å². The van der Waals surface area contributed by atoms with Crippen molar-refractivity contribution in [3.63, 3.8) is 0 Å². The lowest BCUT2D eigenvalue weighted by Crippen LogP contribution is -1.99. The maximum absolute atomic E-state index is 5.84. The Labute approximate surface area is 119 Å². The number of aromatic nitrogens is 1. The molecule has 2 aromatic carbocycles. The van der Waals surface area contributed by atoms with E-state index >= 15 is 0 Å². The fraction of sp³-hybridized carbons (Fsp3) is 0.167. The summed E-state index contributed by atoms with van der Waals surface area (Å²) in [6.45, 7) is 4.65. The van der Waals surface area contributed by atoms with E-state index in [0.717, 1.165) is 22.3 Å². The van der Waals surface area contributed by atoms with E-state index in [2.05, 4.69) is 42.2 Å². The largest absolute Gasteiger partial charge is 0.489 e. The van der Waals surface area contributed by atoms with E-state index in [9.17, 15) is 0 Å². The molecule has 0 spiro atoms. The van der Waals surface area contributed by atoms with Crippen molar-refractivity contribution < 1.29 is 4.74 Å². The highest BCUT2D eigenvalue weighted by Gasteiger charge is 2.05. The molecule has 20 heavy (non-hydrogen) atoms. The Kier molecular flexibility index (Phi) is 3.38. The summed E-state index contributed by atoms with van der Waals surface area (Å²) in [4.78, 5) is 4.59. The van der Waals surface area contributed by atoms with E-state index in [4.69, 9.17) is 4.74 Å². The number of pyridine rings is 1. The molecule has 1 heterocycles. The van der Waals surface area contributed by atoms with Gasteiger partial charge in [-0.05, 0) is 49.7 Å². The summed E-state index contributed by atoms with van der Waals surface area (Å²) in [7, 11) is 0. The second-order valence-corrected chi connectivity index (χ2v) is 4.97. The molecular formula is C18H16NO. The van der Waals surface area contributed by atoms with Crippen molar-refractivity contribution in [2.24, 2.45) is 0 Å². The monoisotopic (exact) mass is 262 g/mol. The van der Waals surface area contributed by atoms with Gasteiger partial charge in [0.1, 0.15) is 12.4 Å². The lowest BCUT2D eigenvalue weighted by atomic mass is 10.1. The van der Waals surface area contributed by atoms with Gasteiger partial charge >= 0.3 is 0 Å². The van der Waals surface area contributed by atoms with Crippen LogP contribution in [-0.2, 0) is 6.61 Å². The molecule has 1 aromatic heterocycles. The quantitative estimate of drug-likeness (QED) is 0.704. The summed E-state index contributed by atoms with van der Waals surface area (Å²) in [6.07, 6.45) is 0. The molecule has 0 bridgehead atoms. The number of hydrogen-bond acceptors (Lipinski definition) is 2. The molecule has 0 saturated carbocycles. The van der Waals surface area contributed by atoms with E-state index < -0.39 is 0 Å². The first-order chi connectivity index (χ1) is 9.72. The van der Waals surface area contributed by atoms with Gasteiger partial charge in [0, 0.05) is 16.6 Å². The third-order valence-corrected chi connectivity index (χ3v) is 3.26. The Hall–Kier alpha value is -2.35. The Morgan fingerprint density at radius 3 is 2.65 bits per heavy atom. The first-order valence-electron chi connectivity index (χ1n) is 6.68. The Bertz CT molecular complexity index is 730. The van der Waals surface area contributed by atoms with Gasteiger partial charge in [-0.2, -0.15) is 0 Å². The lowest BCUT2D eigenvalue weighted by molar-refractivity contribution is 0.307. The molecule has 3 aromatic rings. The van der Waals surface area contributed by atoms with Crippen LogP contribution in [0.1, 0.15) is 16.8 Å². The van der Waals surface area contributed by atoms with Crippen LogP contribution in [-0.4, -0.2) is 4.98 Å². The van der Waals surface area contributed by atoms with Crippen LogP contribution in [0.4, 0.5) is 0 Å². The molecule has 0 atom stereocenters. The van der Waals surface area contributed by atoms with Crippen LogP contribution in [0.15, 0.2) is 48.5 Å². The minimum Gasteiger partial charge on any atom is -0.489 e. The highest BCUT2D eigenvalue weighted by atomic mass is 16.5. The summed E-state index contributed by atoms with van der Waals surface area (Å²) in [5.41, 5.74) is 4.44. The molecule has 0 saturated heterocycles. The molecular weight excluding hydrogens is 246 g/mol. The number of aryl methyl sites for hydroxylation is 2. The van der Waals surface area contributed by atoms with E-state index in [-0.39, 0.29) is 0 Å². The van der Waals surface area contributed by atoms with E-state index in [1.807, 2.05) is 31.2 Å². The van der Waals surface area contributed by atoms with Crippen LogP contribution in [0.2, 0.25) is 0 Å². The summed E-state index contributed by atoms with van der Waals surface area (Å²) < 4.78 is 5.84. The van der Waals surface area contributed by atoms with Crippen LogP contribution >= 0.6 is 0 Å². The normalized spacial score (nSPS) is 10.7. The number of nitrogens with zero attached hydrogens (tertiary/aromatic N) is 1. The van der Waals surface area contributed by atoms with Gasteiger partial charge in [-0.3, -0.25) is 4.98 Å². The molecule has 0 aliphatic heterocycles. The Morgan fingerprint density at radius 1 is 1.05 bits per heavy atom. The second kappa shape index (κ2) is 5.33. The highest BCUT2D eigenvalue weighted by Crippen LogP contribution is 2.21. The second-order valence-electron chi connectivity index (χ2n) is 4.97. The minimum atomic E-state index is 0.549.